The van der Waals surface area contributed by atoms with Crippen molar-refractivity contribution in [1.29, 1.82) is 0 Å². The molecule has 1 N–H and O–H groups in total. The third-order valence-corrected chi connectivity index (χ3v) is 3.57. The van der Waals surface area contributed by atoms with E-state index in [-0.39, 0.29) is 18.7 Å². The van der Waals surface area contributed by atoms with Gasteiger partial charge in [0.05, 0.1) is 31.6 Å². The molecular formula is C9H14N4O4S. The van der Waals surface area contributed by atoms with Crippen LogP contribution in [-0.2, 0) is 19.7 Å². The van der Waals surface area contributed by atoms with Crippen molar-refractivity contribution in [3.8, 4) is 0 Å². The van der Waals surface area contributed by atoms with Crippen LogP contribution in [0.25, 0.3) is 0 Å². The van der Waals surface area contributed by atoms with Gasteiger partial charge in [0.15, 0.2) is 0 Å². The third kappa shape index (κ3) is 4.26. The van der Waals surface area contributed by atoms with Crippen LogP contribution in [-0.4, -0.2) is 49.4 Å². The van der Waals surface area contributed by atoms with Gasteiger partial charge in [-0.25, -0.2) is 9.97 Å². The number of methoxy groups -OCH3 is 1. The normalized spacial score (nSPS) is 11.3. The first-order valence-corrected chi connectivity index (χ1v) is 6.45. The molecule has 0 aromatic carbocycles. The van der Waals surface area contributed by atoms with Crippen LogP contribution < -0.4 is 4.72 Å². The molecule has 100 valence electrons. The molecule has 0 aliphatic rings. The Kier molecular flexibility index (Phi) is 4.98. The molecule has 0 fully saturated rings. The number of aromatic nitrogens is 2. The van der Waals surface area contributed by atoms with Crippen LogP contribution in [0.2, 0.25) is 0 Å². The lowest BCUT2D eigenvalue weighted by Crippen LogP contribution is -2.34. The highest BCUT2D eigenvalue weighted by Gasteiger charge is 2.18. The average Bonchev–Trinajstić information content (AvgIpc) is 2.36. The quantitative estimate of drug-likeness (QED) is 0.710. The van der Waals surface area contributed by atoms with E-state index >= 15 is 0 Å². The topological polar surface area (TPSA) is 101 Å². The third-order valence-electron chi connectivity index (χ3n) is 2.08. The number of rotatable bonds is 6. The molecule has 1 aromatic rings. The Morgan fingerprint density at radius 2 is 2.06 bits per heavy atom. The zero-order valence-electron chi connectivity index (χ0n) is 10.0. The molecule has 9 heteroatoms. The number of esters is 1. The van der Waals surface area contributed by atoms with Crippen LogP contribution in [0.5, 0.6) is 0 Å². The second-order valence-corrected chi connectivity index (χ2v) is 5.16. The fourth-order valence-electron chi connectivity index (χ4n) is 1.05. The van der Waals surface area contributed by atoms with E-state index in [1.54, 1.807) is 0 Å². The summed E-state index contributed by atoms with van der Waals surface area (Å²) in [6.45, 7) is 0.0235. The molecule has 0 atom stereocenters. The lowest BCUT2D eigenvalue weighted by Gasteiger charge is -2.17. The Hall–Kier alpha value is -1.74. The van der Waals surface area contributed by atoms with Gasteiger partial charge in [0.2, 0.25) is 0 Å². The van der Waals surface area contributed by atoms with Crippen LogP contribution in [0.15, 0.2) is 18.7 Å². The molecule has 1 rings (SSSR count). The Labute approximate surface area is 105 Å². The second kappa shape index (κ2) is 6.26. The lowest BCUT2D eigenvalue weighted by atomic mass is 10.4. The summed E-state index contributed by atoms with van der Waals surface area (Å²) in [7, 11) is -1.12. The Morgan fingerprint density at radius 3 is 2.61 bits per heavy atom. The maximum absolute atomic E-state index is 11.8. The van der Waals surface area contributed by atoms with Gasteiger partial charge < -0.3 is 4.74 Å². The van der Waals surface area contributed by atoms with E-state index in [1.807, 2.05) is 0 Å². The van der Waals surface area contributed by atoms with Crippen LogP contribution in [0.4, 0.5) is 5.69 Å². The number of hydrogen-bond donors (Lipinski definition) is 1. The van der Waals surface area contributed by atoms with Crippen molar-refractivity contribution in [2.45, 2.75) is 6.42 Å². The average molecular weight is 274 g/mol. The van der Waals surface area contributed by atoms with Gasteiger partial charge in [-0.3, -0.25) is 9.52 Å². The van der Waals surface area contributed by atoms with Gasteiger partial charge in [-0.15, -0.1) is 0 Å². The van der Waals surface area contributed by atoms with Crippen molar-refractivity contribution in [3.63, 3.8) is 0 Å². The van der Waals surface area contributed by atoms with E-state index in [9.17, 15) is 13.2 Å². The van der Waals surface area contributed by atoms with Gasteiger partial charge in [0.1, 0.15) is 6.33 Å². The molecule has 0 saturated heterocycles. The summed E-state index contributed by atoms with van der Waals surface area (Å²) >= 11 is 0. The Morgan fingerprint density at radius 1 is 1.44 bits per heavy atom. The minimum absolute atomic E-state index is 0.0147. The Bertz CT molecular complexity index is 491. The number of nitrogens with zero attached hydrogens (tertiary/aromatic N) is 3. The van der Waals surface area contributed by atoms with Crippen LogP contribution in [0.3, 0.4) is 0 Å². The lowest BCUT2D eigenvalue weighted by molar-refractivity contribution is -0.140. The minimum Gasteiger partial charge on any atom is -0.469 e. The smallest absolute Gasteiger partial charge is 0.306 e. The minimum atomic E-state index is -3.72. The van der Waals surface area contributed by atoms with Crippen molar-refractivity contribution in [2.24, 2.45) is 0 Å². The van der Waals surface area contributed by atoms with Crippen molar-refractivity contribution in [2.75, 3.05) is 25.4 Å². The zero-order chi connectivity index (χ0) is 13.6. The summed E-state index contributed by atoms with van der Waals surface area (Å²) in [5.41, 5.74) is 0.252. The van der Waals surface area contributed by atoms with Gasteiger partial charge in [-0.05, 0) is 0 Å². The highest BCUT2D eigenvalue weighted by Crippen LogP contribution is 2.07. The van der Waals surface area contributed by atoms with E-state index in [1.165, 1.54) is 32.9 Å². The van der Waals surface area contributed by atoms with Gasteiger partial charge in [-0.2, -0.15) is 12.7 Å². The van der Waals surface area contributed by atoms with Crippen LogP contribution in [0.1, 0.15) is 6.42 Å². The van der Waals surface area contributed by atoms with E-state index in [2.05, 4.69) is 19.4 Å². The van der Waals surface area contributed by atoms with E-state index in [0.29, 0.717) is 0 Å². The second-order valence-electron chi connectivity index (χ2n) is 3.38. The van der Waals surface area contributed by atoms with E-state index in [4.69, 9.17) is 0 Å². The summed E-state index contributed by atoms with van der Waals surface area (Å²) in [4.78, 5) is 18.3. The molecule has 0 aliphatic carbocycles. The van der Waals surface area contributed by atoms with Crippen molar-refractivity contribution in [3.05, 3.63) is 18.7 Å². The number of anilines is 1. The predicted octanol–water partition coefficient (Wildman–Crippen LogP) is -0.372. The first kappa shape index (κ1) is 14.3. The van der Waals surface area contributed by atoms with Crippen molar-refractivity contribution < 1.29 is 17.9 Å². The van der Waals surface area contributed by atoms with E-state index < -0.39 is 16.2 Å². The fourth-order valence-corrected chi connectivity index (χ4v) is 1.94. The van der Waals surface area contributed by atoms with Crippen LogP contribution >= 0.6 is 0 Å². The molecule has 0 unspecified atom stereocenters. The maximum atomic E-state index is 11.8. The SMILES string of the molecule is COC(=O)CCN(C)S(=O)(=O)Nc1cncnc1. The first-order chi connectivity index (χ1) is 8.45. The molecular weight excluding hydrogens is 260 g/mol. The number of ether oxygens (including phenoxy) is 1. The summed E-state index contributed by atoms with van der Waals surface area (Å²) in [5, 5.41) is 0. The molecule has 0 amide bonds. The maximum Gasteiger partial charge on any atom is 0.306 e. The zero-order valence-corrected chi connectivity index (χ0v) is 10.8. The van der Waals surface area contributed by atoms with Crippen LogP contribution in [0, 0.1) is 0 Å². The van der Waals surface area contributed by atoms with Gasteiger partial charge >= 0.3 is 16.2 Å². The van der Waals surface area contributed by atoms with Gasteiger partial charge in [0, 0.05) is 13.6 Å². The molecule has 0 spiro atoms. The molecule has 1 aromatic heterocycles. The highest BCUT2D eigenvalue weighted by molar-refractivity contribution is 7.90. The number of carbonyl (C=O) groups is 1. The summed E-state index contributed by atoms with van der Waals surface area (Å²) in [6.07, 6.45) is 3.94. The van der Waals surface area contributed by atoms with Crippen molar-refractivity contribution >= 4 is 21.9 Å². The predicted molar refractivity (Wildman–Crippen MR) is 63.8 cm³/mol. The fraction of sp³-hybridized carbons (Fsp3) is 0.444. The number of carbonyl (C=O) groups excluding carboxylic acids is 1. The largest absolute Gasteiger partial charge is 0.469 e. The molecule has 0 bridgehead atoms. The first-order valence-electron chi connectivity index (χ1n) is 5.01. The Balaban J connectivity index is 2.61. The molecule has 1 heterocycles. The summed E-state index contributed by atoms with van der Waals surface area (Å²) < 4.78 is 31.3. The standard InChI is InChI=1S/C9H14N4O4S/c1-13(4-3-9(14)17-2)18(15,16)12-8-5-10-7-11-6-8/h5-7,12H,3-4H2,1-2H3. The number of nitrogens with one attached hydrogen (secondary N) is 1. The summed E-state index contributed by atoms with van der Waals surface area (Å²) in [6, 6.07) is 0. The molecule has 0 radical (unpaired) electrons. The molecule has 0 aliphatic heterocycles. The highest BCUT2D eigenvalue weighted by atomic mass is 32.2. The van der Waals surface area contributed by atoms with Gasteiger partial charge in [0.25, 0.3) is 0 Å². The number of hydrogen-bond acceptors (Lipinski definition) is 6. The molecule has 8 nitrogen and oxygen atoms in total. The molecule has 0 saturated carbocycles. The van der Waals surface area contributed by atoms with Crippen molar-refractivity contribution in [1.82, 2.24) is 14.3 Å². The molecule has 18 heavy (non-hydrogen) atoms. The van der Waals surface area contributed by atoms with E-state index in [0.717, 1.165) is 4.31 Å². The monoisotopic (exact) mass is 274 g/mol. The van der Waals surface area contributed by atoms with Gasteiger partial charge in [-0.1, -0.05) is 0 Å². The summed E-state index contributed by atoms with van der Waals surface area (Å²) in [5.74, 6) is -0.472.